The number of aryl methyl sites for hydroxylation is 2. The number of rotatable bonds is 7. The highest BCUT2D eigenvalue weighted by Gasteiger charge is 2.20. The van der Waals surface area contributed by atoms with Gasteiger partial charge in [-0.1, -0.05) is 17.6 Å². The van der Waals surface area contributed by atoms with Crippen molar-refractivity contribution >= 4 is 11.6 Å². The minimum absolute atomic E-state index is 0.214. The molecule has 1 amide bonds. The molecular formula is C25H29N3O4. The Balaban J connectivity index is 1.60. The van der Waals surface area contributed by atoms with Crippen molar-refractivity contribution in [1.82, 2.24) is 10.5 Å². The van der Waals surface area contributed by atoms with Crippen molar-refractivity contribution in [2.75, 3.05) is 25.6 Å². The van der Waals surface area contributed by atoms with E-state index < -0.39 is 0 Å². The second kappa shape index (κ2) is 9.87. The van der Waals surface area contributed by atoms with E-state index in [0.29, 0.717) is 35.4 Å². The Bertz CT molecular complexity index is 1070. The summed E-state index contributed by atoms with van der Waals surface area (Å²) in [7, 11) is 1.58. The molecule has 32 heavy (non-hydrogen) atoms. The van der Waals surface area contributed by atoms with Crippen molar-refractivity contribution in [3.8, 4) is 22.6 Å². The lowest BCUT2D eigenvalue weighted by Gasteiger charge is -2.24. The Hall–Kier alpha value is -3.32. The molecular weight excluding hydrogens is 406 g/mol. The van der Waals surface area contributed by atoms with Crippen LogP contribution >= 0.6 is 0 Å². The minimum Gasteiger partial charge on any atom is -0.497 e. The Morgan fingerprint density at radius 3 is 2.81 bits per heavy atom. The molecule has 2 N–H and O–H groups in total. The first-order chi connectivity index (χ1) is 15.5. The highest BCUT2D eigenvalue weighted by Crippen LogP contribution is 2.37. The Kier molecular flexibility index (Phi) is 6.75. The lowest BCUT2D eigenvalue weighted by Crippen LogP contribution is -2.38. The van der Waals surface area contributed by atoms with Gasteiger partial charge in [0.25, 0.3) is 5.91 Å². The van der Waals surface area contributed by atoms with Crippen molar-refractivity contribution in [2.24, 2.45) is 0 Å². The van der Waals surface area contributed by atoms with Crippen molar-refractivity contribution in [1.29, 1.82) is 0 Å². The number of carbonyl (C=O) groups excluding carboxylic acids is 1. The van der Waals surface area contributed by atoms with Crippen LogP contribution in [0.4, 0.5) is 5.69 Å². The van der Waals surface area contributed by atoms with Gasteiger partial charge in [-0.15, -0.1) is 0 Å². The number of nitrogens with zero attached hydrogens (tertiary/aromatic N) is 1. The predicted octanol–water partition coefficient (Wildman–Crippen LogP) is 4.74. The number of nitrogens with one attached hydrogen (secondary N) is 2. The van der Waals surface area contributed by atoms with Crippen LogP contribution in [0.5, 0.6) is 11.5 Å². The van der Waals surface area contributed by atoms with E-state index in [2.05, 4.69) is 15.8 Å². The molecule has 1 saturated heterocycles. The quantitative estimate of drug-likeness (QED) is 0.558. The van der Waals surface area contributed by atoms with Gasteiger partial charge in [-0.25, -0.2) is 0 Å². The van der Waals surface area contributed by atoms with Crippen LogP contribution < -0.4 is 20.1 Å². The molecule has 0 spiro atoms. The molecule has 7 nitrogen and oxygen atoms in total. The molecule has 7 heteroatoms. The van der Waals surface area contributed by atoms with Gasteiger partial charge in [0.2, 0.25) is 0 Å². The fourth-order valence-electron chi connectivity index (χ4n) is 4.02. The number of hydrogen-bond acceptors (Lipinski definition) is 6. The lowest BCUT2D eigenvalue weighted by molar-refractivity contribution is 0.102. The summed E-state index contributed by atoms with van der Waals surface area (Å²) in [5.41, 5.74) is 3.69. The first-order valence-electron chi connectivity index (χ1n) is 10.9. The molecule has 0 bridgehead atoms. The molecule has 1 aromatic heterocycles. The molecule has 2 heterocycles. The standard InChI is InChI=1S/C25H29N3O4/c1-16-24(17(2)32-28-16)22-14-19(27-25(29)18-7-6-9-21(13-18)30-3)10-11-23(22)31-15-20-8-4-5-12-26-20/h6-7,9-11,13-14,20,26H,4-5,8,12,15H2,1-3H3,(H,27,29). The molecule has 168 valence electrons. The van der Waals surface area contributed by atoms with E-state index in [4.69, 9.17) is 14.0 Å². The number of amides is 1. The number of aromatic nitrogens is 1. The number of benzene rings is 2. The fourth-order valence-corrected chi connectivity index (χ4v) is 4.02. The third kappa shape index (κ3) is 4.94. The van der Waals surface area contributed by atoms with Crippen LogP contribution in [0.2, 0.25) is 0 Å². The van der Waals surface area contributed by atoms with Gasteiger partial charge < -0.3 is 24.6 Å². The van der Waals surface area contributed by atoms with E-state index in [1.807, 2.05) is 32.0 Å². The molecule has 0 aliphatic carbocycles. The highest BCUT2D eigenvalue weighted by atomic mass is 16.5. The lowest BCUT2D eigenvalue weighted by atomic mass is 10.0. The molecule has 1 aliphatic rings. The van der Waals surface area contributed by atoms with Gasteiger partial charge in [-0.05, 0) is 69.6 Å². The van der Waals surface area contributed by atoms with Crippen LogP contribution in [0.25, 0.3) is 11.1 Å². The first-order valence-corrected chi connectivity index (χ1v) is 10.9. The number of hydrogen-bond donors (Lipinski definition) is 2. The molecule has 1 unspecified atom stereocenters. The highest BCUT2D eigenvalue weighted by molar-refractivity contribution is 6.05. The topological polar surface area (TPSA) is 85.6 Å². The number of methoxy groups -OCH3 is 1. The van der Waals surface area contributed by atoms with Gasteiger partial charge in [0.1, 0.15) is 23.9 Å². The summed E-state index contributed by atoms with van der Waals surface area (Å²) >= 11 is 0. The second-order valence-electron chi connectivity index (χ2n) is 8.05. The van der Waals surface area contributed by atoms with Crippen LogP contribution in [0.1, 0.15) is 41.1 Å². The van der Waals surface area contributed by atoms with E-state index in [9.17, 15) is 4.79 Å². The number of carbonyl (C=O) groups is 1. The predicted molar refractivity (Wildman–Crippen MR) is 123 cm³/mol. The Morgan fingerprint density at radius 2 is 2.09 bits per heavy atom. The molecule has 1 aliphatic heterocycles. The third-order valence-electron chi connectivity index (χ3n) is 5.72. The van der Waals surface area contributed by atoms with Gasteiger partial charge in [0.15, 0.2) is 0 Å². The van der Waals surface area contributed by atoms with Crippen LogP contribution in [0, 0.1) is 13.8 Å². The van der Waals surface area contributed by atoms with Gasteiger partial charge in [-0.2, -0.15) is 0 Å². The fraction of sp³-hybridized carbons (Fsp3) is 0.360. The van der Waals surface area contributed by atoms with E-state index in [0.717, 1.165) is 35.5 Å². The molecule has 0 saturated carbocycles. The third-order valence-corrected chi connectivity index (χ3v) is 5.72. The summed E-state index contributed by atoms with van der Waals surface area (Å²) in [5.74, 6) is 1.87. The molecule has 4 rings (SSSR count). The maximum atomic E-state index is 12.8. The zero-order chi connectivity index (χ0) is 22.5. The molecule has 2 aromatic carbocycles. The van der Waals surface area contributed by atoms with Crippen LogP contribution in [-0.4, -0.2) is 37.4 Å². The largest absolute Gasteiger partial charge is 0.497 e. The van der Waals surface area contributed by atoms with Crippen LogP contribution in [0.3, 0.4) is 0 Å². The summed E-state index contributed by atoms with van der Waals surface area (Å²) in [6, 6.07) is 13.1. The van der Waals surface area contributed by atoms with Crippen molar-refractivity contribution in [2.45, 2.75) is 39.2 Å². The maximum absolute atomic E-state index is 12.8. The first kappa shape index (κ1) is 21.9. The summed E-state index contributed by atoms with van der Waals surface area (Å²) < 4.78 is 16.8. The van der Waals surface area contributed by atoms with E-state index in [-0.39, 0.29) is 5.91 Å². The Morgan fingerprint density at radius 1 is 1.22 bits per heavy atom. The summed E-state index contributed by atoms with van der Waals surface area (Å²) in [6.07, 6.45) is 3.53. The SMILES string of the molecule is COc1cccc(C(=O)Nc2ccc(OCC3CCCCN3)c(-c3c(C)noc3C)c2)c1. The van der Waals surface area contributed by atoms with E-state index in [1.54, 1.807) is 31.4 Å². The number of anilines is 1. The molecule has 1 fully saturated rings. The van der Waals surface area contributed by atoms with Gasteiger partial charge in [-0.3, -0.25) is 4.79 Å². The zero-order valence-corrected chi connectivity index (χ0v) is 18.7. The van der Waals surface area contributed by atoms with Gasteiger partial charge in [0, 0.05) is 22.9 Å². The molecule has 3 aromatic rings. The van der Waals surface area contributed by atoms with Gasteiger partial charge in [0.05, 0.1) is 18.4 Å². The Labute approximate surface area is 188 Å². The average Bonchev–Trinajstić information content (AvgIpc) is 3.16. The molecule has 1 atom stereocenters. The van der Waals surface area contributed by atoms with Crippen LogP contribution in [0.15, 0.2) is 47.0 Å². The monoisotopic (exact) mass is 435 g/mol. The minimum atomic E-state index is -0.214. The van der Waals surface area contributed by atoms with E-state index >= 15 is 0 Å². The number of ether oxygens (including phenoxy) is 2. The van der Waals surface area contributed by atoms with E-state index in [1.165, 1.54) is 12.8 Å². The zero-order valence-electron chi connectivity index (χ0n) is 18.7. The smallest absolute Gasteiger partial charge is 0.255 e. The van der Waals surface area contributed by atoms with Crippen molar-refractivity contribution in [3.63, 3.8) is 0 Å². The normalized spacial score (nSPS) is 15.9. The van der Waals surface area contributed by atoms with Crippen LogP contribution in [-0.2, 0) is 0 Å². The van der Waals surface area contributed by atoms with Crippen molar-refractivity contribution < 1.29 is 18.8 Å². The van der Waals surface area contributed by atoms with Gasteiger partial charge >= 0.3 is 0 Å². The summed E-state index contributed by atoms with van der Waals surface area (Å²) in [5, 5.41) is 10.6. The maximum Gasteiger partial charge on any atom is 0.255 e. The summed E-state index contributed by atoms with van der Waals surface area (Å²) in [6.45, 7) is 5.40. The van der Waals surface area contributed by atoms with Crippen molar-refractivity contribution in [3.05, 3.63) is 59.5 Å². The second-order valence-corrected chi connectivity index (χ2v) is 8.05. The number of piperidine rings is 1. The molecule has 0 radical (unpaired) electrons. The summed E-state index contributed by atoms with van der Waals surface area (Å²) in [4.78, 5) is 12.8. The average molecular weight is 436 g/mol.